The van der Waals surface area contributed by atoms with Crippen molar-refractivity contribution in [3.8, 4) is 0 Å². The summed E-state index contributed by atoms with van der Waals surface area (Å²) in [6, 6.07) is 11.8. The van der Waals surface area contributed by atoms with E-state index in [0.29, 0.717) is 0 Å². The molecule has 76 valence electrons. The summed E-state index contributed by atoms with van der Waals surface area (Å²) < 4.78 is 0. The molecule has 0 spiro atoms. The number of benzene rings is 1. The van der Waals surface area contributed by atoms with Crippen LogP contribution in [-0.2, 0) is 12.1 Å². The first-order valence-corrected chi connectivity index (χ1v) is 10.6. The molecule has 0 nitrogen and oxygen atoms in total. The van der Waals surface area contributed by atoms with E-state index in [0.717, 1.165) is 0 Å². The highest BCUT2D eigenvalue weighted by atomic mass is 28.3. The van der Waals surface area contributed by atoms with Gasteiger partial charge in [-0.1, -0.05) is 61.6 Å². The van der Waals surface area contributed by atoms with Gasteiger partial charge in [0.1, 0.15) is 0 Å². The maximum Gasteiger partial charge on any atom is 0.0460 e. The summed E-state index contributed by atoms with van der Waals surface area (Å²) in [5.74, 6) is 0. The zero-order valence-electron chi connectivity index (χ0n) is 9.72. The van der Waals surface area contributed by atoms with Crippen LogP contribution in [0.1, 0.15) is 11.1 Å². The standard InChI is InChI=1S/C12H20Si2/c1-13(2)9-11-6-5-7-12(8-11)10-14(3)4/h5-8H,9-10H2,1-4H3. The topological polar surface area (TPSA) is 0 Å². The fourth-order valence-electron chi connectivity index (χ4n) is 1.67. The lowest BCUT2D eigenvalue weighted by atomic mass is 10.2. The average molecular weight is 220 g/mol. The van der Waals surface area contributed by atoms with Crippen LogP contribution in [0.15, 0.2) is 24.3 Å². The maximum absolute atomic E-state index is 2.41. The van der Waals surface area contributed by atoms with Crippen molar-refractivity contribution in [3.63, 3.8) is 0 Å². The minimum absolute atomic E-state index is 0.123. The molecule has 2 radical (unpaired) electrons. The SMILES string of the molecule is C[Si](C)Cc1cccc(C[Si](C)C)c1. The maximum atomic E-state index is 2.41. The highest BCUT2D eigenvalue weighted by molar-refractivity contribution is 6.55. The molecule has 2 heteroatoms. The highest BCUT2D eigenvalue weighted by Crippen LogP contribution is 2.09. The van der Waals surface area contributed by atoms with E-state index in [-0.39, 0.29) is 17.6 Å². The predicted molar refractivity (Wildman–Crippen MR) is 68.8 cm³/mol. The van der Waals surface area contributed by atoms with Gasteiger partial charge in [-0.3, -0.25) is 0 Å². The smallest absolute Gasteiger partial charge is 0.0460 e. The fraction of sp³-hybridized carbons (Fsp3) is 0.500. The zero-order valence-corrected chi connectivity index (χ0v) is 11.7. The van der Waals surface area contributed by atoms with Gasteiger partial charge in [0.25, 0.3) is 0 Å². The molecule has 0 fully saturated rings. The van der Waals surface area contributed by atoms with Crippen LogP contribution in [0, 0.1) is 0 Å². The van der Waals surface area contributed by atoms with Crippen molar-refractivity contribution >= 4 is 17.6 Å². The van der Waals surface area contributed by atoms with Crippen molar-refractivity contribution in [2.75, 3.05) is 0 Å². The molecule has 0 saturated heterocycles. The van der Waals surface area contributed by atoms with Crippen molar-refractivity contribution in [2.24, 2.45) is 0 Å². The molecule has 0 amide bonds. The second kappa shape index (κ2) is 5.51. The molecular formula is C12H20Si2. The third kappa shape index (κ3) is 4.24. The Morgan fingerprint density at radius 1 is 0.857 bits per heavy atom. The van der Waals surface area contributed by atoms with E-state index in [1.807, 2.05) is 0 Å². The molecule has 0 aliphatic heterocycles. The Balaban J connectivity index is 2.68. The van der Waals surface area contributed by atoms with Crippen molar-refractivity contribution in [2.45, 2.75) is 38.3 Å². The van der Waals surface area contributed by atoms with E-state index in [9.17, 15) is 0 Å². The predicted octanol–water partition coefficient (Wildman–Crippen LogP) is 3.36. The Kier molecular flexibility index (Phi) is 4.62. The second-order valence-electron chi connectivity index (χ2n) is 4.59. The molecule has 0 aliphatic rings. The van der Waals surface area contributed by atoms with Crippen LogP contribution >= 0.6 is 0 Å². The fourth-order valence-corrected chi connectivity index (χ4v) is 3.74. The summed E-state index contributed by atoms with van der Waals surface area (Å²) in [6.07, 6.45) is 0. The van der Waals surface area contributed by atoms with Crippen LogP contribution in [0.25, 0.3) is 0 Å². The summed E-state index contributed by atoms with van der Waals surface area (Å²) >= 11 is 0. The lowest BCUT2D eigenvalue weighted by Crippen LogP contribution is -2.08. The van der Waals surface area contributed by atoms with Gasteiger partial charge in [0.15, 0.2) is 0 Å². The third-order valence-corrected chi connectivity index (χ3v) is 4.34. The molecule has 0 saturated carbocycles. The van der Waals surface area contributed by atoms with Gasteiger partial charge in [-0.25, -0.2) is 0 Å². The average Bonchev–Trinajstić information content (AvgIpc) is 2.01. The summed E-state index contributed by atoms with van der Waals surface area (Å²) in [4.78, 5) is 0. The van der Waals surface area contributed by atoms with Gasteiger partial charge in [0.2, 0.25) is 0 Å². The Bertz CT molecular complexity index is 254. The Labute approximate surface area is 91.6 Å². The molecule has 0 heterocycles. The Hall–Kier alpha value is -0.346. The number of rotatable bonds is 4. The highest BCUT2D eigenvalue weighted by Gasteiger charge is 2.02. The first kappa shape index (κ1) is 11.7. The first-order valence-electron chi connectivity index (χ1n) is 5.24. The normalized spacial score (nSPS) is 11.3. The van der Waals surface area contributed by atoms with Gasteiger partial charge >= 0.3 is 0 Å². The molecule has 14 heavy (non-hydrogen) atoms. The van der Waals surface area contributed by atoms with Crippen molar-refractivity contribution in [1.82, 2.24) is 0 Å². The van der Waals surface area contributed by atoms with Gasteiger partial charge in [-0.15, -0.1) is 0 Å². The van der Waals surface area contributed by atoms with Crippen LogP contribution in [0.3, 0.4) is 0 Å². The second-order valence-corrected chi connectivity index (χ2v) is 10.1. The molecule has 1 aromatic carbocycles. The lowest BCUT2D eigenvalue weighted by molar-refractivity contribution is 1.28. The van der Waals surface area contributed by atoms with E-state index in [1.165, 1.54) is 12.1 Å². The molecular weight excluding hydrogens is 200 g/mol. The van der Waals surface area contributed by atoms with Gasteiger partial charge in [0, 0.05) is 17.6 Å². The first-order chi connectivity index (χ1) is 6.58. The van der Waals surface area contributed by atoms with E-state index < -0.39 is 0 Å². The van der Waals surface area contributed by atoms with Crippen molar-refractivity contribution in [1.29, 1.82) is 0 Å². The molecule has 0 aliphatic carbocycles. The quantitative estimate of drug-likeness (QED) is 0.683. The van der Waals surface area contributed by atoms with Crippen LogP contribution in [0.5, 0.6) is 0 Å². The van der Waals surface area contributed by atoms with Gasteiger partial charge in [-0.2, -0.15) is 0 Å². The molecule has 0 atom stereocenters. The lowest BCUT2D eigenvalue weighted by Gasteiger charge is -2.07. The summed E-state index contributed by atoms with van der Waals surface area (Å²) in [7, 11) is -0.246. The van der Waals surface area contributed by atoms with Crippen molar-refractivity contribution < 1.29 is 0 Å². The minimum atomic E-state index is -0.123. The molecule has 1 rings (SSSR count). The Morgan fingerprint density at radius 2 is 1.29 bits per heavy atom. The monoisotopic (exact) mass is 220 g/mol. The minimum Gasteiger partial charge on any atom is -0.0710 e. The molecule has 0 bridgehead atoms. The summed E-state index contributed by atoms with van der Waals surface area (Å²) in [5.41, 5.74) is 3.09. The molecule has 0 unspecified atom stereocenters. The molecule has 0 N–H and O–H groups in total. The van der Waals surface area contributed by atoms with E-state index >= 15 is 0 Å². The van der Waals surface area contributed by atoms with Gasteiger partial charge < -0.3 is 0 Å². The third-order valence-electron chi connectivity index (χ3n) is 2.11. The van der Waals surface area contributed by atoms with E-state index in [1.54, 1.807) is 11.1 Å². The van der Waals surface area contributed by atoms with Gasteiger partial charge in [-0.05, 0) is 12.1 Å². The van der Waals surface area contributed by atoms with E-state index in [2.05, 4.69) is 50.5 Å². The van der Waals surface area contributed by atoms with Crippen LogP contribution in [0.4, 0.5) is 0 Å². The van der Waals surface area contributed by atoms with Gasteiger partial charge in [0.05, 0.1) is 0 Å². The van der Waals surface area contributed by atoms with Crippen LogP contribution in [-0.4, -0.2) is 17.6 Å². The molecule has 0 aromatic heterocycles. The molecule has 1 aromatic rings. The summed E-state index contributed by atoms with van der Waals surface area (Å²) in [5, 5.41) is 0. The largest absolute Gasteiger partial charge is 0.0710 e. The zero-order chi connectivity index (χ0) is 10.6. The Morgan fingerprint density at radius 3 is 1.64 bits per heavy atom. The summed E-state index contributed by atoms with van der Waals surface area (Å²) in [6.45, 7) is 9.52. The number of hydrogen-bond acceptors (Lipinski definition) is 0. The van der Waals surface area contributed by atoms with Crippen molar-refractivity contribution in [3.05, 3.63) is 35.4 Å². The van der Waals surface area contributed by atoms with Crippen LogP contribution < -0.4 is 0 Å². The number of hydrogen-bond donors (Lipinski definition) is 0. The van der Waals surface area contributed by atoms with E-state index in [4.69, 9.17) is 0 Å². The van der Waals surface area contributed by atoms with Crippen LogP contribution in [0.2, 0.25) is 26.2 Å².